The lowest BCUT2D eigenvalue weighted by Crippen LogP contribution is -2.29. The van der Waals surface area contributed by atoms with E-state index in [1.807, 2.05) is 12.1 Å². The van der Waals surface area contributed by atoms with Gasteiger partial charge in [-0.05, 0) is 55.0 Å². The van der Waals surface area contributed by atoms with Gasteiger partial charge in [-0.2, -0.15) is 0 Å². The third kappa shape index (κ3) is 2.61. The van der Waals surface area contributed by atoms with Crippen LogP contribution in [0, 0.1) is 5.41 Å². The van der Waals surface area contributed by atoms with Gasteiger partial charge in [-0.25, -0.2) is 0 Å². The molecule has 2 rings (SSSR count). The molecule has 0 atom stereocenters. The first-order valence-electron chi connectivity index (χ1n) is 6.64. The van der Waals surface area contributed by atoms with Gasteiger partial charge in [0.15, 0.2) is 0 Å². The molecule has 1 aliphatic carbocycles. The highest BCUT2D eigenvalue weighted by Gasteiger charge is 2.33. The molecular formula is C15H23NO2. The molecule has 0 radical (unpaired) electrons. The highest BCUT2D eigenvalue weighted by molar-refractivity contribution is 5.41. The Bertz CT molecular complexity index is 397. The average molecular weight is 249 g/mol. The van der Waals surface area contributed by atoms with E-state index in [4.69, 9.17) is 15.2 Å². The van der Waals surface area contributed by atoms with Crippen molar-refractivity contribution in [3.8, 4) is 11.5 Å². The van der Waals surface area contributed by atoms with Gasteiger partial charge >= 0.3 is 0 Å². The molecule has 1 saturated carbocycles. The Morgan fingerprint density at radius 1 is 1.17 bits per heavy atom. The van der Waals surface area contributed by atoms with E-state index in [-0.39, 0.29) is 5.41 Å². The fourth-order valence-electron chi connectivity index (χ4n) is 3.00. The molecule has 0 saturated heterocycles. The molecule has 1 aliphatic rings. The van der Waals surface area contributed by atoms with E-state index < -0.39 is 0 Å². The van der Waals surface area contributed by atoms with Crippen molar-refractivity contribution in [1.29, 1.82) is 0 Å². The van der Waals surface area contributed by atoms with Crippen LogP contribution < -0.4 is 15.2 Å². The highest BCUT2D eigenvalue weighted by Crippen LogP contribution is 2.42. The SMILES string of the molecule is COc1ccc(OC)c(CC2(CN)CCCC2)c1. The molecule has 0 aliphatic heterocycles. The van der Waals surface area contributed by atoms with E-state index in [2.05, 4.69) is 6.07 Å². The predicted octanol–water partition coefficient (Wildman–Crippen LogP) is 2.77. The molecule has 100 valence electrons. The first-order chi connectivity index (χ1) is 8.73. The van der Waals surface area contributed by atoms with E-state index in [1.54, 1.807) is 14.2 Å². The molecule has 1 fully saturated rings. The molecule has 1 aromatic carbocycles. The fraction of sp³-hybridized carbons (Fsp3) is 0.600. The van der Waals surface area contributed by atoms with E-state index in [1.165, 1.54) is 31.2 Å². The maximum absolute atomic E-state index is 6.01. The topological polar surface area (TPSA) is 44.5 Å². The summed E-state index contributed by atoms with van der Waals surface area (Å²) < 4.78 is 10.7. The lowest BCUT2D eigenvalue weighted by Gasteiger charge is -2.28. The number of methoxy groups -OCH3 is 2. The summed E-state index contributed by atoms with van der Waals surface area (Å²) in [5.74, 6) is 1.83. The fourth-order valence-corrected chi connectivity index (χ4v) is 3.00. The van der Waals surface area contributed by atoms with Crippen molar-refractivity contribution in [2.75, 3.05) is 20.8 Å². The van der Waals surface area contributed by atoms with Gasteiger partial charge in [0.05, 0.1) is 14.2 Å². The molecule has 0 amide bonds. The van der Waals surface area contributed by atoms with Crippen molar-refractivity contribution < 1.29 is 9.47 Å². The number of rotatable bonds is 5. The molecule has 0 unspecified atom stereocenters. The molecule has 2 N–H and O–H groups in total. The molecule has 3 heteroatoms. The van der Waals surface area contributed by atoms with Gasteiger partial charge in [-0.3, -0.25) is 0 Å². The number of benzene rings is 1. The summed E-state index contributed by atoms with van der Waals surface area (Å²) in [6.07, 6.45) is 6.03. The van der Waals surface area contributed by atoms with E-state index in [0.29, 0.717) is 0 Å². The summed E-state index contributed by atoms with van der Waals surface area (Å²) in [5.41, 5.74) is 7.48. The van der Waals surface area contributed by atoms with Crippen molar-refractivity contribution in [3.63, 3.8) is 0 Å². The van der Waals surface area contributed by atoms with Crippen molar-refractivity contribution in [3.05, 3.63) is 23.8 Å². The van der Waals surface area contributed by atoms with E-state index in [0.717, 1.165) is 24.5 Å². The minimum absolute atomic E-state index is 0.264. The summed E-state index contributed by atoms with van der Waals surface area (Å²) in [5, 5.41) is 0. The third-order valence-electron chi connectivity index (χ3n) is 4.15. The van der Waals surface area contributed by atoms with Gasteiger partial charge in [0.1, 0.15) is 11.5 Å². The van der Waals surface area contributed by atoms with Crippen molar-refractivity contribution in [2.45, 2.75) is 32.1 Å². The Morgan fingerprint density at radius 2 is 1.89 bits per heavy atom. The first-order valence-corrected chi connectivity index (χ1v) is 6.64. The molecule has 1 aromatic rings. The average Bonchev–Trinajstić information content (AvgIpc) is 2.88. The number of hydrogen-bond donors (Lipinski definition) is 1. The van der Waals surface area contributed by atoms with Crippen LogP contribution in [0.3, 0.4) is 0 Å². The Morgan fingerprint density at radius 3 is 2.44 bits per heavy atom. The van der Waals surface area contributed by atoms with Gasteiger partial charge in [0, 0.05) is 0 Å². The second kappa shape index (κ2) is 5.61. The summed E-state index contributed by atoms with van der Waals surface area (Å²) in [4.78, 5) is 0. The Labute approximate surface area is 109 Å². The third-order valence-corrected chi connectivity index (χ3v) is 4.15. The summed E-state index contributed by atoms with van der Waals surface area (Å²) in [6, 6.07) is 5.99. The van der Waals surface area contributed by atoms with Crippen LogP contribution in [0.4, 0.5) is 0 Å². The number of nitrogens with two attached hydrogens (primary N) is 1. The van der Waals surface area contributed by atoms with Gasteiger partial charge < -0.3 is 15.2 Å². The van der Waals surface area contributed by atoms with Crippen molar-refractivity contribution >= 4 is 0 Å². The molecular weight excluding hydrogens is 226 g/mol. The van der Waals surface area contributed by atoms with Crippen LogP contribution >= 0.6 is 0 Å². The van der Waals surface area contributed by atoms with Crippen LogP contribution in [0.5, 0.6) is 11.5 Å². The summed E-state index contributed by atoms with van der Waals surface area (Å²) in [7, 11) is 3.41. The first kappa shape index (κ1) is 13.2. The zero-order chi connectivity index (χ0) is 13.0. The maximum Gasteiger partial charge on any atom is 0.122 e. The van der Waals surface area contributed by atoms with Crippen LogP contribution in [-0.2, 0) is 6.42 Å². The van der Waals surface area contributed by atoms with Crippen LogP contribution in [0.25, 0.3) is 0 Å². The smallest absolute Gasteiger partial charge is 0.122 e. The Hall–Kier alpha value is -1.22. The number of hydrogen-bond acceptors (Lipinski definition) is 3. The minimum atomic E-state index is 0.264. The molecule has 0 aromatic heterocycles. The van der Waals surface area contributed by atoms with Crippen LogP contribution in [0.1, 0.15) is 31.2 Å². The Kier molecular flexibility index (Phi) is 4.12. The van der Waals surface area contributed by atoms with Crippen molar-refractivity contribution in [2.24, 2.45) is 11.1 Å². The number of ether oxygens (including phenoxy) is 2. The molecule has 3 nitrogen and oxygen atoms in total. The lowest BCUT2D eigenvalue weighted by atomic mass is 9.80. The van der Waals surface area contributed by atoms with Gasteiger partial charge in [-0.1, -0.05) is 12.8 Å². The van der Waals surface area contributed by atoms with Crippen LogP contribution in [0.15, 0.2) is 18.2 Å². The normalized spacial score (nSPS) is 17.7. The monoisotopic (exact) mass is 249 g/mol. The zero-order valence-corrected chi connectivity index (χ0v) is 11.4. The largest absolute Gasteiger partial charge is 0.497 e. The zero-order valence-electron chi connectivity index (χ0n) is 11.4. The van der Waals surface area contributed by atoms with Crippen molar-refractivity contribution in [1.82, 2.24) is 0 Å². The quantitative estimate of drug-likeness (QED) is 0.872. The van der Waals surface area contributed by atoms with Crippen LogP contribution in [-0.4, -0.2) is 20.8 Å². The summed E-state index contributed by atoms with van der Waals surface area (Å²) >= 11 is 0. The van der Waals surface area contributed by atoms with E-state index in [9.17, 15) is 0 Å². The molecule has 0 bridgehead atoms. The molecule has 0 spiro atoms. The summed E-state index contributed by atoms with van der Waals surface area (Å²) in [6.45, 7) is 0.757. The van der Waals surface area contributed by atoms with Gasteiger partial charge in [0.2, 0.25) is 0 Å². The maximum atomic E-state index is 6.01. The highest BCUT2D eigenvalue weighted by atomic mass is 16.5. The standard InChI is InChI=1S/C15H23NO2/c1-17-13-5-6-14(18-2)12(9-13)10-15(11-16)7-3-4-8-15/h5-6,9H,3-4,7-8,10-11,16H2,1-2H3. The second-order valence-electron chi connectivity index (χ2n) is 5.27. The van der Waals surface area contributed by atoms with E-state index >= 15 is 0 Å². The molecule has 0 heterocycles. The van der Waals surface area contributed by atoms with Gasteiger partial charge in [-0.15, -0.1) is 0 Å². The van der Waals surface area contributed by atoms with Gasteiger partial charge in [0.25, 0.3) is 0 Å². The minimum Gasteiger partial charge on any atom is -0.497 e. The molecule has 18 heavy (non-hydrogen) atoms. The lowest BCUT2D eigenvalue weighted by molar-refractivity contribution is 0.299. The van der Waals surface area contributed by atoms with Crippen LogP contribution in [0.2, 0.25) is 0 Å². The second-order valence-corrected chi connectivity index (χ2v) is 5.27. The Balaban J connectivity index is 2.25. The predicted molar refractivity (Wildman–Crippen MR) is 73.2 cm³/mol.